The largest absolute Gasteiger partial charge is 0.480 e. The number of nitrogens with one attached hydrogen (secondary N) is 1. The normalized spacial score (nSPS) is 23.6. The summed E-state index contributed by atoms with van der Waals surface area (Å²) >= 11 is 3.21. The summed E-state index contributed by atoms with van der Waals surface area (Å²) < 4.78 is 33.0. The van der Waals surface area contributed by atoms with Gasteiger partial charge >= 0.3 is 0 Å². The lowest BCUT2D eigenvalue weighted by Crippen LogP contribution is -2.38. The van der Waals surface area contributed by atoms with E-state index in [2.05, 4.69) is 25.6 Å². The first-order chi connectivity index (χ1) is 9.42. The Morgan fingerprint density at radius 3 is 2.65 bits per heavy atom. The summed E-state index contributed by atoms with van der Waals surface area (Å²) in [6, 6.07) is 1.30. The highest BCUT2D eigenvalue weighted by atomic mass is 79.9. The molecule has 1 saturated carbocycles. The molecule has 0 unspecified atom stereocenters. The van der Waals surface area contributed by atoms with E-state index in [0.717, 1.165) is 0 Å². The van der Waals surface area contributed by atoms with Crippen LogP contribution >= 0.6 is 15.9 Å². The van der Waals surface area contributed by atoms with Gasteiger partial charge in [0.1, 0.15) is 4.90 Å². The van der Waals surface area contributed by atoms with E-state index in [4.69, 9.17) is 4.74 Å². The topological polar surface area (TPSA) is 88.5 Å². The van der Waals surface area contributed by atoms with E-state index in [9.17, 15) is 13.5 Å². The smallest absolute Gasteiger partial charge is 0.246 e. The fourth-order valence-corrected chi connectivity index (χ4v) is 4.16. The third-order valence-electron chi connectivity index (χ3n) is 3.29. The summed E-state index contributed by atoms with van der Waals surface area (Å²) in [7, 11) is -2.31. The van der Waals surface area contributed by atoms with Crippen LogP contribution in [0.3, 0.4) is 0 Å². The number of aromatic nitrogens is 1. The van der Waals surface area contributed by atoms with Gasteiger partial charge in [-0.2, -0.15) is 0 Å². The molecule has 1 aromatic heterocycles. The predicted molar refractivity (Wildman–Crippen MR) is 77.1 cm³/mol. The number of rotatable bonds is 4. The minimum atomic E-state index is -3.69. The monoisotopic (exact) mass is 364 g/mol. The quantitative estimate of drug-likeness (QED) is 0.843. The van der Waals surface area contributed by atoms with E-state index in [0.29, 0.717) is 30.2 Å². The lowest BCUT2D eigenvalue weighted by Gasteiger charge is -2.26. The fraction of sp³-hybridized carbons (Fsp3) is 0.583. The molecular formula is C12H17BrN2O4S. The molecule has 1 aliphatic rings. The molecule has 1 fully saturated rings. The Hall–Kier alpha value is -0.700. The zero-order valence-corrected chi connectivity index (χ0v) is 13.4. The highest BCUT2D eigenvalue weighted by Crippen LogP contribution is 2.26. The summed E-state index contributed by atoms with van der Waals surface area (Å²) in [5, 5.41) is 9.45. The van der Waals surface area contributed by atoms with E-state index < -0.39 is 10.0 Å². The van der Waals surface area contributed by atoms with Crippen molar-refractivity contribution in [2.45, 2.75) is 42.7 Å². The number of hydrogen-bond acceptors (Lipinski definition) is 5. The molecule has 112 valence electrons. The molecular weight excluding hydrogens is 348 g/mol. The highest BCUT2D eigenvalue weighted by Gasteiger charge is 2.27. The first-order valence-electron chi connectivity index (χ1n) is 6.32. The first-order valence-corrected chi connectivity index (χ1v) is 8.60. The summed E-state index contributed by atoms with van der Waals surface area (Å²) in [6.45, 7) is 0. The van der Waals surface area contributed by atoms with E-state index in [1.165, 1.54) is 19.4 Å². The second-order valence-corrected chi connectivity index (χ2v) is 7.39. The van der Waals surface area contributed by atoms with Gasteiger partial charge in [0, 0.05) is 16.7 Å². The molecule has 1 aromatic rings. The van der Waals surface area contributed by atoms with Crippen molar-refractivity contribution >= 4 is 26.0 Å². The lowest BCUT2D eigenvalue weighted by molar-refractivity contribution is 0.120. The number of aliphatic hydroxyl groups excluding tert-OH is 1. The first kappa shape index (κ1) is 15.7. The number of sulfonamides is 1. The number of aliphatic hydroxyl groups is 1. The second kappa shape index (κ2) is 6.38. The number of ether oxygens (including phenoxy) is 1. The molecule has 0 radical (unpaired) electrons. The van der Waals surface area contributed by atoms with Crippen molar-refractivity contribution in [2.24, 2.45) is 0 Å². The van der Waals surface area contributed by atoms with Crippen molar-refractivity contribution in [3.8, 4) is 5.88 Å². The maximum atomic E-state index is 12.4. The minimum absolute atomic E-state index is 0.0143. The molecule has 6 nitrogen and oxygen atoms in total. The molecule has 2 rings (SSSR count). The van der Waals surface area contributed by atoms with Gasteiger partial charge in [-0.25, -0.2) is 18.1 Å². The standard InChI is InChI=1S/C12H17BrN2O4S/c1-19-12-11(6-8(13)7-14-12)20(17,18)15-9-2-4-10(16)5-3-9/h6-7,9-10,15-16H,2-5H2,1H3. The highest BCUT2D eigenvalue weighted by molar-refractivity contribution is 9.10. The van der Waals surface area contributed by atoms with Crippen molar-refractivity contribution < 1.29 is 18.3 Å². The fourth-order valence-electron chi connectivity index (χ4n) is 2.23. The maximum Gasteiger partial charge on any atom is 0.246 e. The van der Waals surface area contributed by atoms with Gasteiger partial charge in [-0.15, -0.1) is 0 Å². The third kappa shape index (κ3) is 3.69. The Morgan fingerprint density at radius 2 is 2.05 bits per heavy atom. The van der Waals surface area contributed by atoms with Crippen LogP contribution in [-0.2, 0) is 10.0 Å². The van der Waals surface area contributed by atoms with Crippen LogP contribution in [0.4, 0.5) is 0 Å². The Labute approximate surface area is 126 Å². The van der Waals surface area contributed by atoms with Gasteiger partial charge < -0.3 is 9.84 Å². The zero-order valence-electron chi connectivity index (χ0n) is 11.0. The van der Waals surface area contributed by atoms with Crippen LogP contribution in [-0.4, -0.2) is 37.8 Å². The van der Waals surface area contributed by atoms with Gasteiger partial charge in [0.15, 0.2) is 0 Å². The summed E-state index contributed by atoms with van der Waals surface area (Å²) in [6.07, 6.45) is 3.64. The van der Waals surface area contributed by atoms with Crippen LogP contribution < -0.4 is 9.46 Å². The molecule has 0 atom stereocenters. The molecule has 0 spiro atoms. The number of pyridine rings is 1. The van der Waals surface area contributed by atoms with E-state index in [1.807, 2.05) is 0 Å². The van der Waals surface area contributed by atoms with Crippen LogP contribution in [0.15, 0.2) is 21.6 Å². The molecule has 0 aliphatic heterocycles. The Bertz CT molecular complexity index is 571. The summed E-state index contributed by atoms with van der Waals surface area (Å²) in [5.41, 5.74) is 0. The van der Waals surface area contributed by atoms with Gasteiger partial charge in [0.2, 0.25) is 15.9 Å². The summed E-state index contributed by atoms with van der Waals surface area (Å²) in [5.74, 6) is 0.0662. The van der Waals surface area contributed by atoms with E-state index >= 15 is 0 Å². The van der Waals surface area contributed by atoms with Crippen LogP contribution in [0.1, 0.15) is 25.7 Å². The van der Waals surface area contributed by atoms with Gasteiger partial charge in [-0.1, -0.05) is 0 Å². The average Bonchev–Trinajstić information content (AvgIpc) is 2.41. The second-order valence-electron chi connectivity index (χ2n) is 4.79. The van der Waals surface area contributed by atoms with Crippen molar-refractivity contribution in [3.05, 3.63) is 16.7 Å². The number of nitrogens with zero attached hydrogens (tertiary/aromatic N) is 1. The molecule has 0 bridgehead atoms. The zero-order chi connectivity index (χ0) is 14.8. The molecule has 1 aliphatic carbocycles. The van der Waals surface area contributed by atoms with Gasteiger partial charge in [0.05, 0.1) is 13.2 Å². The summed E-state index contributed by atoms with van der Waals surface area (Å²) in [4.78, 5) is 3.95. The lowest BCUT2D eigenvalue weighted by atomic mass is 9.94. The van der Waals surface area contributed by atoms with Crippen molar-refractivity contribution in [3.63, 3.8) is 0 Å². The van der Waals surface area contributed by atoms with Crippen molar-refractivity contribution in [1.29, 1.82) is 0 Å². The molecule has 8 heteroatoms. The maximum absolute atomic E-state index is 12.4. The molecule has 2 N–H and O–H groups in total. The Kier molecular flexibility index (Phi) is 5.00. The SMILES string of the molecule is COc1ncc(Br)cc1S(=O)(=O)NC1CCC(O)CC1. The van der Waals surface area contributed by atoms with Crippen molar-refractivity contribution in [2.75, 3.05) is 7.11 Å². The van der Waals surface area contributed by atoms with Gasteiger partial charge in [-0.3, -0.25) is 0 Å². The number of hydrogen-bond donors (Lipinski definition) is 2. The molecule has 0 saturated heterocycles. The van der Waals surface area contributed by atoms with E-state index in [1.54, 1.807) is 0 Å². The van der Waals surface area contributed by atoms with Crippen LogP contribution in [0, 0.1) is 0 Å². The van der Waals surface area contributed by atoms with Gasteiger partial charge in [-0.05, 0) is 47.7 Å². The minimum Gasteiger partial charge on any atom is -0.480 e. The Morgan fingerprint density at radius 1 is 1.40 bits per heavy atom. The predicted octanol–water partition coefficient (Wildman–Crippen LogP) is 1.43. The van der Waals surface area contributed by atoms with Crippen LogP contribution in [0.25, 0.3) is 0 Å². The van der Waals surface area contributed by atoms with Crippen LogP contribution in [0.5, 0.6) is 5.88 Å². The molecule has 1 heterocycles. The third-order valence-corrected chi connectivity index (χ3v) is 5.24. The average molecular weight is 365 g/mol. The number of methoxy groups -OCH3 is 1. The number of halogens is 1. The van der Waals surface area contributed by atoms with Crippen LogP contribution in [0.2, 0.25) is 0 Å². The molecule has 20 heavy (non-hydrogen) atoms. The van der Waals surface area contributed by atoms with Gasteiger partial charge in [0.25, 0.3) is 0 Å². The molecule has 0 aromatic carbocycles. The van der Waals surface area contributed by atoms with E-state index in [-0.39, 0.29) is 22.9 Å². The van der Waals surface area contributed by atoms with Crippen molar-refractivity contribution in [1.82, 2.24) is 9.71 Å². The molecule has 0 amide bonds. The Balaban J connectivity index is 2.20.